The third kappa shape index (κ3) is 2.51. The molecule has 0 aliphatic rings. The molecule has 1 heterocycles. The highest BCUT2D eigenvalue weighted by Crippen LogP contribution is 2.17. The maximum Gasteiger partial charge on any atom is 0.305 e. The van der Waals surface area contributed by atoms with Crippen LogP contribution in [-0.2, 0) is 11.3 Å². The van der Waals surface area contributed by atoms with Gasteiger partial charge in [0.25, 0.3) is 5.56 Å². The Morgan fingerprint density at radius 2 is 2.11 bits per heavy atom. The summed E-state index contributed by atoms with van der Waals surface area (Å²) in [6, 6.07) is 8.40. The van der Waals surface area contributed by atoms with Gasteiger partial charge in [-0.1, -0.05) is 18.2 Å². The average Bonchev–Trinajstić information content (AvgIpc) is 2.37. The minimum atomic E-state index is -1.01. The van der Waals surface area contributed by atoms with Gasteiger partial charge in [-0.3, -0.25) is 9.59 Å². The number of fused-ring (bicyclic) bond motifs is 1. The Morgan fingerprint density at radius 3 is 2.74 bits per heavy atom. The van der Waals surface area contributed by atoms with Crippen LogP contribution in [0.5, 0.6) is 0 Å². The van der Waals surface area contributed by atoms with Gasteiger partial charge in [0.2, 0.25) is 0 Å². The molecule has 0 saturated heterocycles. The van der Waals surface area contributed by atoms with Crippen molar-refractivity contribution in [1.82, 2.24) is 4.57 Å². The fourth-order valence-electron chi connectivity index (χ4n) is 2.23. The number of pyridine rings is 1. The minimum absolute atomic E-state index is 0.213. The van der Waals surface area contributed by atoms with Gasteiger partial charge >= 0.3 is 5.97 Å². The van der Waals surface area contributed by atoms with E-state index in [1.807, 2.05) is 31.2 Å². The molecule has 1 unspecified atom stereocenters. The summed E-state index contributed by atoms with van der Waals surface area (Å²) in [4.78, 5) is 23.1. The predicted octanol–water partition coefficient (Wildman–Crippen LogP) is 1.50. The van der Waals surface area contributed by atoms with E-state index in [4.69, 9.17) is 10.8 Å². The second-order valence-electron chi connectivity index (χ2n) is 4.41. The summed E-state index contributed by atoms with van der Waals surface area (Å²) >= 11 is 0. The molecule has 0 saturated carbocycles. The van der Waals surface area contributed by atoms with Gasteiger partial charge in [0.1, 0.15) is 0 Å². The summed E-state index contributed by atoms with van der Waals surface area (Å²) in [6.45, 7) is 2.40. The van der Waals surface area contributed by atoms with Crippen molar-refractivity contribution >= 4 is 16.9 Å². The van der Waals surface area contributed by atoms with Crippen LogP contribution in [0.3, 0.4) is 0 Å². The van der Waals surface area contributed by atoms with Gasteiger partial charge in [0.15, 0.2) is 0 Å². The molecule has 0 radical (unpaired) electrons. The third-order valence-corrected chi connectivity index (χ3v) is 3.14. The molecule has 5 nitrogen and oxygen atoms in total. The lowest BCUT2D eigenvalue weighted by Gasteiger charge is -2.14. The normalized spacial score (nSPS) is 12.5. The van der Waals surface area contributed by atoms with Gasteiger partial charge in [-0.2, -0.15) is 0 Å². The summed E-state index contributed by atoms with van der Waals surface area (Å²) in [5, 5.41) is 9.68. The van der Waals surface area contributed by atoms with Crippen molar-refractivity contribution in [2.24, 2.45) is 5.73 Å². The number of carbonyl (C=O) groups is 1. The fraction of sp³-hybridized carbons (Fsp3) is 0.286. The lowest BCUT2D eigenvalue weighted by atomic mass is 10.0. The number of aliphatic carboxylic acids is 1. The van der Waals surface area contributed by atoms with Crippen molar-refractivity contribution in [1.29, 1.82) is 0 Å². The van der Waals surface area contributed by atoms with E-state index in [2.05, 4.69) is 0 Å². The van der Waals surface area contributed by atoms with Gasteiger partial charge < -0.3 is 15.4 Å². The number of aromatic nitrogens is 1. The summed E-state index contributed by atoms with van der Waals surface area (Å²) < 4.78 is 1.62. The quantitative estimate of drug-likeness (QED) is 0.872. The molecule has 19 heavy (non-hydrogen) atoms. The Balaban J connectivity index is 2.66. The Kier molecular flexibility index (Phi) is 3.66. The Labute approximate surface area is 110 Å². The number of aryl methyl sites for hydroxylation is 1. The monoisotopic (exact) mass is 260 g/mol. The van der Waals surface area contributed by atoms with Gasteiger partial charge in [0.05, 0.1) is 11.9 Å². The van der Waals surface area contributed by atoms with Crippen molar-refractivity contribution < 1.29 is 9.90 Å². The van der Waals surface area contributed by atoms with Crippen LogP contribution >= 0.6 is 0 Å². The van der Waals surface area contributed by atoms with E-state index in [9.17, 15) is 9.59 Å². The first-order chi connectivity index (χ1) is 9.04. The number of nitrogens with two attached hydrogens (primary N) is 1. The zero-order valence-electron chi connectivity index (χ0n) is 10.7. The van der Waals surface area contributed by atoms with Crippen LogP contribution in [0.15, 0.2) is 35.1 Å². The highest BCUT2D eigenvalue weighted by Gasteiger charge is 2.17. The SMILES string of the molecule is CCn1c(=O)c(C(N)CC(=O)O)cc2ccccc21. The molecule has 1 atom stereocenters. The van der Waals surface area contributed by atoms with E-state index in [0.29, 0.717) is 12.1 Å². The topological polar surface area (TPSA) is 85.3 Å². The first kappa shape index (κ1) is 13.3. The van der Waals surface area contributed by atoms with E-state index in [1.165, 1.54) is 0 Å². The Hall–Kier alpha value is -2.14. The predicted molar refractivity (Wildman–Crippen MR) is 73.1 cm³/mol. The van der Waals surface area contributed by atoms with Crippen molar-refractivity contribution in [3.8, 4) is 0 Å². The van der Waals surface area contributed by atoms with Crippen LogP contribution in [-0.4, -0.2) is 15.6 Å². The number of hydrogen-bond acceptors (Lipinski definition) is 3. The standard InChI is InChI=1S/C14H16N2O3/c1-2-16-12-6-4-3-5-9(12)7-10(14(16)19)11(15)8-13(17)18/h3-7,11H,2,8,15H2,1H3,(H,17,18). The molecule has 0 fully saturated rings. The number of para-hydroxylation sites is 1. The lowest BCUT2D eigenvalue weighted by molar-refractivity contribution is -0.137. The fourth-order valence-corrected chi connectivity index (χ4v) is 2.23. The number of carboxylic acids is 1. The molecule has 0 aliphatic carbocycles. The molecule has 100 valence electrons. The highest BCUT2D eigenvalue weighted by molar-refractivity contribution is 5.80. The number of hydrogen-bond donors (Lipinski definition) is 2. The average molecular weight is 260 g/mol. The van der Waals surface area contributed by atoms with Crippen LogP contribution in [0.25, 0.3) is 10.9 Å². The zero-order valence-corrected chi connectivity index (χ0v) is 10.7. The van der Waals surface area contributed by atoms with Gasteiger partial charge in [0, 0.05) is 18.2 Å². The molecule has 1 aromatic heterocycles. The van der Waals surface area contributed by atoms with Crippen LogP contribution in [0.1, 0.15) is 24.9 Å². The van der Waals surface area contributed by atoms with Crippen molar-refractivity contribution in [3.05, 3.63) is 46.2 Å². The minimum Gasteiger partial charge on any atom is -0.481 e. The van der Waals surface area contributed by atoms with Gasteiger partial charge in [-0.15, -0.1) is 0 Å². The molecule has 0 bridgehead atoms. The molecule has 2 aromatic rings. The van der Waals surface area contributed by atoms with Gasteiger partial charge in [-0.05, 0) is 24.4 Å². The smallest absolute Gasteiger partial charge is 0.305 e. The molecular formula is C14H16N2O3. The maximum atomic E-state index is 12.3. The summed E-state index contributed by atoms with van der Waals surface area (Å²) in [6.07, 6.45) is -0.253. The van der Waals surface area contributed by atoms with E-state index >= 15 is 0 Å². The maximum absolute atomic E-state index is 12.3. The van der Waals surface area contributed by atoms with Crippen molar-refractivity contribution in [3.63, 3.8) is 0 Å². The molecule has 0 aliphatic heterocycles. The van der Waals surface area contributed by atoms with Crippen LogP contribution in [0, 0.1) is 0 Å². The van der Waals surface area contributed by atoms with E-state index < -0.39 is 12.0 Å². The van der Waals surface area contributed by atoms with Crippen LogP contribution in [0.4, 0.5) is 0 Å². The van der Waals surface area contributed by atoms with Gasteiger partial charge in [-0.25, -0.2) is 0 Å². The van der Waals surface area contributed by atoms with E-state index in [1.54, 1.807) is 10.6 Å². The van der Waals surface area contributed by atoms with E-state index in [0.717, 1.165) is 10.9 Å². The summed E-state index contributed by atoms with van der Waals surface area (Å²) in [7, 11) is 0. The molecule has 0 amide bonds. The van der Waals surface area contributed by atoms with Crippen LogP contribution in [0.2, 0.25) is 0 Å². The number of benzene rings is 1. The van der Waals surface area contributed by atoms with Crippen LogP contribution < -0.4 is 11.3 Å². The summed E-state index contributed by atoms with van der Waals surface area (Å²) in [5.41, 5.74) is 6.79. The lowest BCUT2D eigenvalue weighted by Crippen LogP contribution is -2.29. The summed E-state index contributed by atoms with van der Waals surface area (Å²) in [5.74, 6) is -1.01. The Bertz CT molecular complexity index is 676. The highest BCUT2D eigenvalue weighted by atomic mass is 16.4. The second-order valence-corrected chi connectivity index (χ2v) is 4.41. The molecular weight excluding hydrogens is 244 g/mol. The van der Waals surface area contributed by atoms with Crippen molar-refractivity contribution in [2.75, 3.05) is 0 Å². The third-order valence-electron chi connectivity index (χ3n) is 3.14. The number of rotatable bonds is 4. The molecule has 5 heteroatoms. The molecule has 3 N–H and O–H groups in total. The molecule has 0 spiro atoms. The zero-order chi connectivity index (χ0) is 14.0. The number of nitrogens with zero attached hydrogens (tertiary/aromatic N) is 1. The largest absolute Gasteiger partial charge is 0.481 e. The van der Waals surface area contributed by atoms with E-state index in [-0.39, 0.29) is 12.0 Å². The molecule has 1 aromatic carbocycles. The second kappa shape index (κ2) is 5.24. The molecule has 2 rings (SSSR count). The first-order valence-corrected chi connectivity index (χ1v) is 6.14. The number of carboxylic acid groups (broad SMARTS) is 1. The van der Waals surface area contributed by atoms with Crippen molar-refractivity contribution in [2.45, 2.75) is 25.9 Å². The Morgan fingerprint density at radius 1 is 1.42 bits per heavy atom. The first-order valence-electron chi connectivity index (χ1n) is 6.14.